The van der Waals surface area contributed by atoms with E-state index >= 15 is 0 Å². The van der Waals surface area contributed by atoms with Gasteiger partial charge in [-0.3, -0.25) is 4.21 Å². The Hall–Kier alpha value is 0.110. The lowest BCUT2D eigenvalue weighted by Gasteiger charge is -2.11. The van der Waals surface area contributed by atoms with E-state index in [1.807, 2.05) is 13.8 Å². The molecule has 0 aromatic heterocycles. The van der Waals surface area contributed by atoms with Gasteiger partial charge in [0, 0.05) is 16.6 Å². The van der Waals surface area contributed by atoms with Crippen LogP contribution in [0.1, 0.15) is 27.2 Å². The first kappa shape index (κ1) is 10.1. The Morgan fingerprint density at radius 3 is 2.10 bits per heavy atom. The summed E-state index contributed by atoms with van der Waals surface area (Å²) in [5.74, 6) is 1.14. The second-order valence-electron chi connectivity index (χ2n) is 2.54. The third-order valence-electron chi connectivity index (χ3n) is 1.34. The summed E-state index contributed by atoms with van der Waals surface area (Å²) < 4.78 is 10.6. The van der Waals surface area contributed by atoms with Crippen LogP contribution in [0.3, 0.4) is 0 Å². The maximum absolute atomic E-state index is 10.6. The average Bonchev–Trinajstić information content (AvgIpc) is 2.15. The number of hydrogen-bond donors (Lipinski definition) is 1. The molecular weight excluding hydrogens is 148 g/mol. The monoisotopic (exact) mass is 164 g/mol. The molecule has 62 valence electrons. The molecule has 0 saturated carbocycles. The van der Waals surface area contributed by atoms with E-state index in [0.717, 1.165) is 0 Å². The summed E-state index contributed by atoms with van der Waals surface area (Å²) in [5, 5.41) is 9.17. The van der Waals surface area contributed by atoms with Gasteiger partial charge in [0.05, 0.1) is 11.4 Å². The number of aliphatic hydroxyl groups is 1. The Morgan fingerprint density at radius 2 is 2.00 bits per heavy atom. The summed E-state index contributed by atoms with van der Waals surface area (Å²) in [7, 11) is -0.742. The molecule has 0 radical (unpaired) electrons. The largest absolute Gasteiger partial charge is 0.389 e. The zero-order valence-corrected chi connectivity index (χ0v) is 7.70. The molecule has 1 aliphatic rings. The maximum atomic E-state index is 10.6. The predicted octanol–water partition coefficient (Wildman–Crippen LogP) is 0.916. The minimum Gasteiger partial charge on any atom is -0.389 e. The Balaban J connectivity index is 0.000000371. The fourth-order valence-corrected chi connectivity index (χ4v) is 2.47. The summed E-state index contributed by atoms with van der Waals surface area (Å²) in [5.41, 5.74) is -0.634. The first-order valence-electron chi connectivity index (χ1n) is 3.67. The van der Waals surface area contributed by atoms with Crippen LogP contribution in [0, 0.1) is 0 Å². The number of rotatable bonds is 0. The third kappa shape index (κ3) is 3.32. The molecule has 1 rings (SSSR count). The van der Waals surface area contributed by atoms with Crippen LogP contribution < -0.4 is 0 Å². The molecule has 0 aromatic carbocycles. The van der Waals surface area contributed by atoms with Gasteiger partial charge in [0.1, 0.15) is 0 Å². The fourth-order valence-electron chi connectivity index (χ4n) is 0.825. The molecule has 2 unspecified atom stereocenters. The molecule has 0 spiro atoms. The second kappa shape index (κ2) is 4.09. The highest BCUT2D eigenvalue weighted by atomic mass is 32.2. The van der Waals surface area contributed by atoms with E-state index in [-0.39, 0.29) is 0 Å². The molecule has 1 aliphatic heterocycles. The topological polar surface area (TPSA) is 37.3 Å². The van der Waals surface area contributed by atoms with Gasteiger partial charge in [0.15, 0.2) is 0 Å². The number of hydrogen-bond acceptors (Lipinski definition) is 2. The Bertz CT molecular complexity index is 121. The van der Waals surface area contributed by atoms with Crippen molar-refractivity contribution in [2.24, 2.45) is 0 Å². The normalized spacial score (nSPS) is 38.6. The molecule has 1 heterocycles. The molecule has 3 heteroatoms. The van der Waals surface area contributed by atoms with E-state index in [1.165, 1.54) is 0 Å². The van der Waals surface area contributed by atoms with Crippen molar-refractivity contribution in [3.63, 3.8) is 0 Å². The molecule has 0 bridgehead atoms. The van der Waals surface area contributed by atoms with E-state index < -0.39 is 16.4 Å². The van der Waals surface area contributed by atoms with Crippen LogP contribution in [0.25, 0.3) is 0 Å². The SMILES string of the molecule is CC.CC1(O)CCS(=O)C1. The van der Waals surface area contributed by atoms with Crippen molar-refractivity contribution in [2.75, 3.05) is 11.5 Å². The second-order valence-corrected chi connectivity index (χ2v) is 4.11. The van der Waals surface area contributed by atoms with E-state index in [9.17, 15) is 9.32 Å². The fraction of sp³-hybridized carbons (Fsp3) is 1.00. The quantitative estimate of drug-likeness (QED) is 0.578. The summed E-state index contributed by atoms with van der Waals surface area (Å²) >= 11 is 0. The zero-order valence-electron chi connectivity index (χ0n) is 6.89. The van der Waals surface area contributed by atoms with Crippen molar-refractivity contribution < 1.29 is 9.32 Å². The molecule has 1 fully saturated rings. The zero-order chi connectivity index (χ0) is 8.20. The highest BCUT2D eigenvalue weighted by Gasteiger charge is 2.30. The van der Waals surface area contributed by atoms with E-state index in [2.05, 4.69) is 0 Å². The molecule has 1 saturated heterocycles. The van der Waals surface area contributed by atoms with Gasteiger partial charge in [0.2, 0.25) is 0 Å². The summed E-state index contributed by atoms with van der Waals surface area (Å²) in [6.45, 7) is 5.73. The summed E-state index contributed by atoms with van der Waals surface area (Å²) in [6, 6.07) is 0. The lowest BCUT2D eigenvalue weighted by Crippen LogP contribution is -2.23. The van der Waals surface area contributed by atoms with Gasteiger partial charge in [0.25, 0.3) is 0 Å². The first-order valence-corrected chi connectivity index (χ1v) is 5.16. The van der Waals surface area contributed by atoms with Gasteiger partial charge in [-0.1, -0.05) is 13.8 Å². The van der Waals surface area contributed by atoms with Crippen LogP contribution in [0.2, 0.25) is 0 Å². The van der Waals surface area contributed by atoms with Crippen molar-refractivity contribution in [3.8, 4) is 0 Å². The molecule has 2 nitrogen and oxygen atoms in total. The molecule has 1 N–H and O–H groups in total. The van der Waals surface area contributed by atoms with Crippen LogP contribution in [-0.2, 0) is 10.8 Å². The third-order valence-corrected chi connectivity index (χ3v) is 2.94. The summed E-state index contributed by atoms with van der Waals surface area (Å²) in [6.07, 6.45) is 0.694. The van der Waals surface area contributed by atoms with Crippen molar-refractivity contribution in [1.82, 2.24) is 0 Å². The van der Waals surface area contributed by atoms with Gasteiger partial charge in [-0.15, -0.1) is 0 Å². The highest BCUT2D eigenvalue weighted by molar-refractivity contribution is 7.85. The van der Waals surface area contributed by atoms with E-state index in [4.69, 9.17) is 0 Å². The Morgan fingerprint density at radius 1 is 1.50 bits per heavy atom. The van der Waals surface area contributed by atoms with Crippen molar-refractivity contribution in [1.29, 1.82) is 0 Å². The van der Waals surface area contributed by atoms with E-state index in [1.54, 1.807) is 6.92 Å². The van der Waals surface area contributed by atoms with Crippen LogP contribution in [0.4, 0.5) is 0 Å². The van der Waals surface area contributed by atoms with Crippen LogP contribution in [-0.4, -0.2) is 26.4 Å². The van der Waals surface area contributed by atoms with Gasteiger partial charge < -0.3 is 5.11 Å². The lowest BCUT2D eigenvalue weighted by molar-refractivity contribution is 0.0886. The molecular formula is C7H16O2S. The minimum atomic E-state index is -0.742. The standard InChI is InChI=1S/C5H10O2S.C2H6/c1-5(6)2-3-8(7)4-5;1-2/h6H,2-4H2,1H3;1-2H3. The van der Waals surface area contributed by atoms with Crippen LogP contribution in [0.5, 0.6) is 0 Å². The molecule has 0 aliphatic carbocycles. The molecule has 0 amide bonds. The lowest BCUT2D eigenvalue weighted by atomic mass is 10.1. The molecule has 10 heavy (non-hydrogen) atoms. The molecule has 2 atom stereocenters. The Labute approximate surface area is 65.1 Å². The van der Waals surface area contributed by atoms with Gasteiger partial charge >= 0.3 is 0 Å². The minimum absolute atomic E-state index is 0.465. The predicted molar refractivity (Wildman–Crippen MR) is 44.5 cm³/mol. The average molecular weight is 164 g/mol. The maximum Gasteiger partial charge on any atom is 0.0743 e. The molecule has 0 aromatic rings. The van der Waals surface area contributed by atoms with Crippen LogP contribution in [0.15, 0.2) is 0 Å². The van der Waals surface area contributed by atoms with Gasteiger partial charge in [-0.25, -0.2) is 0 Å². The van der Waals surface area contributed by atoms with Crippen molar-refractivity contribution in [3.05, 3.63) is 0 Å². The highest BCUT2D eigenvalue weighted by Crippen LogP contribution is 2.18. The smallest absolute Gasteiger partial charge is 0.0743 e. The van der Waals surface area contributed by atoms with E-state index in [0.29, 0.717) is 17.9 Å². The Kier molecular flexibility index (Phi) is 4.13. The van der Waals surface area contributed by atoms with Crippen molar-refractivity contribution >= 4 is 10.8 Å². The van der Waals surface area contributed by atoms with Gasteiger partial charge in [-0.05, 0) is 13.3 Å². The van der Waals surface area contributed by atoms with Crippen LogP contribution >= 0.6 is 0 Å². The van der Waals surface area contributed by atoms with Gasteiger partial charge in [-0.2, -0.15) is 0 Å². The summed E-state index contributed by atoms with van der Waals surface area (Å²) in [4.78, 5) is 0. The van der Waals surface area contributed by atoms with Crippen molar-refractivity contribution in [2.45, 2.75) is 32.8 Å². The first-order chi connectivity index (χ1) is 4.60.